The lowest BCUT2D eigenvalue weighted by Gasteiger charge is -2.27. The third-order valence-electron chi connectivity index (χ3n) is 4.64. The predicted octanol–water partition coefficient (Wildman–Crippen LogP) is 3.63. The second-order valence-electron chi connectivity index (χ2n) is 7.91. The van der Waals surface area contributed by atoms with Crippen molar-refractivity contribution in [3.63, 3.8) is 0 Å². The smallest absolute Gasteiger partial charge is 0.306 e. The molecule has 1 aromatic heterocycles. The minimum Gasteiger partial charge on any atom is -0.492 e. The number of carbonyl (C=O) groups is 1. The van der Waals surface area contributed by atoms with Crippen LogP contribution in [0, 0.1) is 11.3 Å². The highest BCUT2D eigenvalue weighted by Crippen LogP contribution is 2.26. The zero-order valence-electron chi connectivity index (χ0n) is 15.0. The average Bonchev–Trinajstić information content (AvgIpc) is 2.53. The fraction of sp³-hybridized carbons (Fsp3) is 0.684. The largest absolute Gasteiger partial charge is 0.492 e. The Morgan fingerprint density at radius 3 is 2.67 bits per heavy atom. The van der Waals surface area contributed by atoms with Crippen molar-refractivity contribution in [1.82, 2.24) is 10.3 Å². The minimum atomic E-state index is -0.655. The number of aromatic nitrogens is 1. The summed E-state index contributed by atoms with van der Waals surface area (Å²) in [5.74, 6) is 0.0193. The monoisotopic (exact) mass is 334 g/mol. The number of carboxylic acid groups (broad SMARTS) is 1. The third-order valence-corrected chi connectivity index (χ3v) is 4.64. The summed E-state index contributed by atoms with van der Waals surface area (Å²) in [6, 6.07) is 2.37. The van der Waals surface area contributed by atoms with Crippen molar-refractivity contribution in [2.45, 2.75) is 65.5 Å². The molecule has 0 bridgehead atoms. The Bertz CT molecular complexity index is 532. The zero-order chi connectivity index (χ0) is 17.6. The van der Waals surface area contributed by atoms with Crippen LogP contribution in [0.2, 0.25) is 0 Å². The zero-order valence-corrected chi connectivity index (χ0v) is 15.0. The predicted molar refractivity (Wildman–Crippen MR) is 94.0 cm³/mol. The van der Waals surface area contributed by atoms with Gasteiger partial charge in [-0.25, -0.2) is 0 Å². The molecule has 134 valence electrons. The number of nitrogens with one attached hydrogen (secondary N) is 1. The highest BCUT2D eigenvalue weighted by Gasteiger charge is 2.25. The maximum Gasteiger partial charge on any atom is 0.306 e. The van der Waals surface area contributed by atoms with Crippen molar-refractivity contribution in [3.8, 4) is 5.75 Å². The molecule has 1 aliphatic rings. The van der Waals surface area contributed by atoms with Gasteiger partial charge in [0.05, 0.1) is 18.7 Å². The van der Waals surface area contributed by atoms with Gasteiger partial charge in [-0.2, -0.15) is 0 Å². The molecule has 2 rings (SSSR count). The lowest BCUT2D eigenvalue weighted by Crippen LogP contribution is -2.34. The van der Waals surface area contributed by atoms with Gasteiger partial charge in [0.2, 0.25) is 0 Å². The highest BCUT2D eigenvalue weighted by atomic mass is 16.5. The van der Waals surface area contributed by atoms with Crippen molar-refractivity contribution in [2.75, 3.05) is 6.61 Å². The summed E-state index contributed by atoms with van der Waals surface area (Å²) in [4.78, 5) is 15.2. The fourth-order valence-corrected chi connectivity index (χ4v) is 2.95. The van der Waals surface area contributed by atoms with Gasteiger partial charge in [0.25, 0.3) is 0 Å². The van der Waals surface area contributed by atoms with E-state index in [2.05, 4.69) is 31.1 Å². The summed E-state index contributed by atoms with van der Waals surface area (Å²) in [5, 5.41) is 12.6. The highest BCUT2D eigenvalue weighted by molar-refractivity contribution is 5.70. The molecule has 5 heteroatoms. The molecule has 0 radical (unpaired) electrons. The van der Waals surface area contributed by atoms with E-state index in [1.165, 1.54) is 0 Å². The van der Waals surface area contributed by atoms with Crippen LogP contribution >= 0.6 is 0 Å². The standard InChI is InChI=1S/C19H30N2O3/c1-19(2,3)9-11-24-17-13-20-10-8-15(17)12-21-16-6-4-14(5-7-16)18(22)23/h8,10,13-14,16,21H,4-7,9,11-12H2,1-3H3,(H,22,23). The number of rotatable bonds is 7. The topological polar surface area (TPSA) is 71.5 Å². The Labute approximate surface area is 144 Å². The molecule has 2 N–H and O–H groups in total. The van der Waals surface area contributed by atoms with E-state index >= 15 is 0 Å². The first kappa shape index (κ1) is 18.7. The molecule has 1 aliphatic carbocycles. The fourth-order valence-electron chi connectivity index (χ4n) is 2.95. The molecule has 24 heavy (non-hydrogen) atoms. The van der Waals surface area contributed by atoms with E-state index in [0.29, 0.717) is 12.6 Å². The van der Waals surface area contributed by atoms with Gasteiger partial charge in [-0.1, -0.05) is 20.8 Å². The molecule has 0 aliphatic heterocycles. The number of pyridine rings is 1. The molecular weight excluding hydrogens is 304 g/mol. The van der Waals surface area contributed by atoms with E-state index in [9.17, 15) is 4.79 Å². The van der Waals surface area contributed by atoms with E-state index in [1.54, 1.807) is 12.4 Å². The van der Waals surface area contributed by atoms with Crippen molar-refractivity contribution < 1.29 is 14.6 Å². The number of nitrogens with zero attached hydrogens (tertiary/aromatic N) is 1. The van der Waals surface area contributed by atoms with E-state index in [-0.39, 0.29) is 11.3 Å². The van der Waals surface area contributed by atoms with Gasteiger partial charge in [-0.05, 0) is 43.6 Å². The lowest BCUT2D eigenvalue weighted by molar-refractivity contribution is -0.142. The molecule has 0 saturated heterocycles. The number of ether oxygens (including phenoxy) is 1. The van der Waals surface area contributed by atoms with Crippen molar-refractivity contribution in [3.05, 3.63) is 24.0 Å². The molecular formula is C19H30N2O3. The van der Waals surface area contributed by atoms with Crippen LogP contribution in [0.4, 0.5) is 0 Å². The van der Waals surface area contributed by atoms with Gasteiger partial charge < -0.3 is 15.2 Å². The molecule has 0 atom stereocenters. The first-order valence-electron chi connectivity index (χ1n) is 8.87. The van der Waals surface area contributed by atoms with Gasteiger partial charge in [0.1, 0.15) is 5.75 Å². The average molecular weight is 334 g/mol. The van der Waals surface area contributed by atoms with Gasteiger partial charge in [-0.15, -0.1) is 0 Å². The second-order valence-corrected chi connectivity index (χ2v) is 7.91. The first-order chi connectivity index (χ1) is 11.3. The summed E-state index contributed by atoms with van der Waals surface area (Å²) in [5.41, 5.74) is 1.36. The molecule has 1 aromatic rings. The van der Waals surface area contributed by atoms with Crippen molar-refractivity contribution in [1.29, 1.82) is 0 Å². The Balaban J connectivity index is 1.81. The van der Waals surface area contributed by atoms with E-state index < -0.39 is 5.97 Å². The lowest BCUT2D eigenvalue weighted by atomic mass is 9.86. The molecule has 1 heterocycles. The molecule has 0 amide bonds. The summed E-state index contributed by atoms with van der Waals surface area (Å²) in [6.07, 6.45) is 7.92. The SMILES string of the molecule is CC(C)(C)CCOc1cnccc1CNC1CCC(C(=O)O)CC1. The van der Waals surface area contributed by atoms with E-state index in [0.717, 1.165) is 50.0 Å². The Kier molecular flexibility index (Phi) is 6.60. The molecule has 0 unspecified atom stereocenters. The number of aliphatic carboxylic acids is 1. The van der Waals surface area contributed by atoms with Crippen LogP contribution in [0.3, 0.4) is 0 Å². The molecule has 1 fully saturated rings. The van der Waals surface area contributed by atoms with E-state index in [1.807, 2.05) is 6.07 Å². The maximum absolute atomic E-state index is 11.0. The van der Waals surface area contributed by atoms with Crippen LogP contribution < -0.4 is 10.1 Å². The van der Waals surface area contributed by atoms with E-state index in [4.69, 9.17) is 9.84 Å². The number of hydrogen-bond acceptors (Lipinski definition) is 4. The molecule has 0 aromatic carbocycles. The van der Waals surface area contributed by atoms with Crippen LogP contribution in [0.15, 0.2) is 18.5 Å². The van der Waals surface area contributed by atoms with Crippen LogP contribution in [0.5, 0.6) is 5.75 Å². The van der Waals surface area contributed by atoms with Crippen LogP contribution in [-0.4, -0.2) is 28.7 Å². The summed E-state index contributed by atoms with van der Waals surface area (Å²) >= 11 is 0. The molecule has 1 saturated carbocycles. The van der Waals surface area contributed by atoms with Gasteiger partial charge in [-0.3, -0.25) is 9.78 Å². The quantitative estimate of drug-likeness (QED) is 0.797. The van der Waals surface area contributed by atoms with Gasteiger partial charge >= 0.3 is 5.97 Å². The van der Waals surface area contributed by atoms with Crippen molar-refractivity contribution >= 4 is 5.97 Å². The summed E-state index contributed by atoms with van der Waals surface area (Å²) in [6.45, 7) is 8.03. The third kappa shape index (κ3) is 6.11. The Hall–Kier alpha value is -1.62. The first-order valence-corrected chi connectivity index (χ1v) is 8.87. The Morgan fingerprint density at radius 1 is 1.33 bits per heavy atom. The second kappa shape index (κ2) is 8.47. The summed E-state index contributed by atoms with van der Waals surface area (Å²) < 4.78 is 5.92. The van der Waals surface area contributed by atoms with Gasteiger partial charge in [0, 0.05) is 24.3 Å². The Morgan fingerprint density at radius 2 is 2.04 bits per heavy atom. The number of carboxylic acids is 1. The minimum absolute atomic E-state index is 0.166. The van der Waals surface area contributed by atoms with Crippen LogP contribution in [-0.2, 0) is 11.3 Å². The molecule has 0 spiro atoms. The number of hydrogen-bond donors (Lipinski definition) is 2. The van der Waals surface area contributed by atoms with Gasteiger partial charge in [0.15, 0.2) is 0 Å². The van der Waals surface area contributed by atoms with Crippen LogP contribution in [0.1, 0.15) is 58.4 Å². The normalized spacial score (nSPS) is 21.5. The van der Waals surface area contributed by atoms with Crippen molar-refractivity contribution in [2.24, 2.45) is 11.3 Å². The molecule has 5 nitrogen and oxygen atoms in total. The summed E-state index contributed by atoms with van der Waals surface area (Å²) in [7, 11) is 0. The van der Waals surface area contributed by atoms with Crippen LogP contribution in [0.25, 0.3) is 0 Å². The maximum atomic E-state index is 11.0.